The molecule has 0 spiro atoms. The van der Waals surface area contributed by atoms with E-state index in [-0.39, 0.29) is 4.90 Å². The SMILES string of the molecule is Cc1cc(COc2c(Br)cc(S(N)(=O)=O)cc2Br)n(C)n1. The number of nitrogens with zero attached hydrogens (tertiary/aromatic N) is 2. The number of hydrogen-bond donors (Lipinski definition) is 1. The monoisotopic (exact) mass is 437 g/mol. The number of ether oxygens (including phenoxy) is 1. The summed E-state index contributed by atoms with van der Waals surface area (Å²) in [6, 6.07) is 4.73. The Balaban J connectivity index is 2.27. The van der Waals surface area contributed by atoms with E-state index in [0.29, 0.717) is 21.3 Å². The van der Waals surface area contributed by atoms with E-state index in [1.807, 2.05) is 20.0 Å². The first-order valence-electron chi connectivity index (χ1n) is 5.82. The summed E-state index contributed by atoms with van der Waals surface area (Å²) in [4.78, 5) is 0.00461. The number of primary sulfonamides is 1. The standard InChI is InChI=1S/C12H13Br2N3O3S/c1-7-3-8(17(2)16-7)6-20-12-10(13)4-9(5-11(12)14)21(15,18)19/h3-5H,6H2,1-2H3,(H2,15,18,19). The number of aryl methyl sites for hydroxylation is 2. The second kappa shape index (κ2) is 6.07. The summed E-state index contributed by atoms with van der Waals surface area (Å²) in [6.07, 6.45) is 0. The Hall–Kier alpha value is -0.900. The van der Waals surface area contributed by atoms with Crippen molar-refractivity contribution < 1.29 is 13.2 Å². The van der Waals surface area contributed by atoms with Crippen molar-refractivity contribution in [2.75, 3.05) is 0 Å². The van der Waals surface area contributed by atoms with Gasteiger partial charge in [-0.05, 0) is 57.0 Å². The third-order valence-electron chi connectivity index (χ3n) is 2.76. The van der Waals surface area contributed by atoms with Crippen LogP contribution < -0.4 is 9.88 Å². The largest absolute Gasteiger partial charge is 0.485 e. The Kier molecular flexibility index (Phi) is 4.76. The van der Waals surface area contributed by atoms with E-state index < -0.39 is 10.0 Å². The van der Waals surface area contributed by atoms with Crippen molar-refractivity contribution in [1.29, 1.82) is 0 Å². The first kappa shape index (κ1) is 16.5. The molecule has 0 amide bonds. The lowest BCUT2D eigenvalue weighted by Gasteiger charge is -2.11. The highest BCUT2D eigenvalue weighted by atomic mass is 79.9. The number of hydrogen-bond acceptors (Lipinski definition) is 4. The summed E-state index contributed by atoms with van der Waals surface area (Å²) < 4.78 is 31.2. The molecule has 2 aromatic rings. The quantitative estimate of drug-likeness (QED) is 0.794. The van der Waals surface area contributed by atoms with E-state index in [1.54, 1.807) is 4.68 Å². The molecule has 0 radical (unpaired) electrons. The van der Waals surface area contributed by atoms with Gasteiger partial charge in [-0.25, -0.2) is 13.6 Å². The number of benzene rings is 1. The number of aromatic nitrogens is 2. The van der Waals surface area contributed by atoms with E-state index in [1.165, 1.54) is 12.1 Å². The maximum atomic E-state index is 11.4. The predicted molar refractivity (Wildman–Crippen MR) is 85.5 cm³/mol. The average Bonchev–Trinajstić information content (AvgIpc) is 2.65. The highest BCUT2D eigenvalue weighted by Crippen LogP contribution is 2.36. The summed E-state index contributed by atoms with van der Waals surface area (Å²) in [6.45, 7) is 2.21. The minimum absolute atomic E-state index is 0.00461. The molecule has 2 N–H and O–H groups in total. The number of sulfonamides is 1. The van der Waals surface area contributed by atoms with Crippen LogP contribution in [-0.4, -0.2) is 18.2 Å². The second-order valence-electron chi connectivity index (χ2n) is 4.45. The first-order chi connectivity index (χ1) is 9.68. The van der Waals surface area contributed by atoms with Gasteiger partial charge in [0.25, 0.3) is 0 Å². The summed E-state index contributed by atoms with van der Waals surface area (Å²) in [7, 11) is -1.93. The molecule has 0 saturated carbocycles. The van der Waals surface area contributed by atoms with Crippen LogP contribution in [0.3, 0.4) is 0 Å². The summed E-state index contributed by atoms with van der Waals surface area (Å²) in [5.41, 5.74) is 1.81. The molecule has 2 rings (SSSR count). The molecule has 1 aromatic carbocycles. The van der Waals surface area contributed by atoms with Gasteiger partial charge in [0.15, 0.2) is 0 Å². The van der Waals surface area contributed by atoms with E-state index in [0.717, 1.165) is 11.4 Å². The zero-order valence-electron chi connectivity index (χ0n) is 11.3. The normalized spacial score (nSPS) is 11.7. The molecule has 1 heterocycles. The topological polar surface area (TPSA) is 87.2 Å². The molecule has 21 heavy (non-hydrogen) atoms. The molecule has 0 saturated heterocycles. The molecular weight excluding hydrogens is 426 g/mol. The van der Waals surface area contributed by atoms with Crippen LogP contribution in [0.15, 0.2) is 32.0 Å². The fraction of sp³-hybridized carbons (Fsp3) is 0.250. The van der Waals surface area contributed by atoms with Crippen LogP contribution in [0.25, 0.3) is 0 Å². The van der Waals surface area contributed by atoms with Crippen LogP contribution in [0, 0.1) is 6.92 Å². The van der Waals surface area contributed by atoms with Gasteiger partial charge in [0.2, 0.25) is 10.0 Å². The van der Waals surface area contributed by atoms with Crippen molar-refractivity contribution in [1.82, 2.24) is 9.78 Å². The Morgan fingerprint density at radius 1 is 1.29 bits per heavy atom. The minimum Gasteiger partial charge on any atom is -0.485 e. The Morgan fingerprint density at radius 3 is 2.29 bits per heavy atom. The molecule has 9 heteroatoms. The lowest BCUT2D eigenvalue weighted by Crippen LogP contribution is -2.12. The van der Waals surface area contributed by atoms with Crippen LogP contribution >= 0.6 is 31.9 Å². The molecule has 0 aliphatic rings. The highest BCUT2D eigenvalue weighted by Gasteiger charge is 2.16. The Labute approximate surface area is 139 Å². The van der Waals surface area contributed by atoms with Crippen LogP contribution in [0.1, 0.15) is 11.4 Å². The van der Waals surface area contributed by atoms with Crippen LogP contribution in [-0.2, 0) is 23.7 Å². The van der Waals surface area contributed by atoms with Gasteiger partial charge in [0.1, 0.15) is 12.4 Å². The van der Waals surface area contributed by atoms with Gasteiger partial charge in [-0.2, -0.15) is 5.10 Å². The molecule has 0 aliphatic heterocycles. The zero-order chi connectivity index (χ0) is 15.8. The van der Waals surface area contributed by atoms with E-state index in [4.69, 9.17) is 9.88 Å². The third kappa shape index (κ3) is 3.85. The first-order valence-corrected chi connectivity index (χ1v) is 8.96. The maximum absolute atomic E-state index is 11.4. The lowest BCUT2D eigenvalue weighted by molar-refractivity contribution is 0.291. The smallest absolute Gasteiger partial charge is 0.238 e. The van der Waals surface area contributed by atoms with Gasteiger partial charge >= 0.3 is 0 Å². The minimum atomic E-state index is -3.76. The highest BCUT2D eigenvalue weighted by molar-refractivity contribution is 9.11. The molecule has 114 valence electrons. The van der Waals surface area contributed by atoms with Gasteiger partial charge in [-0.3, -0.25) is 4.68 Å². The number of nitrogens with two attached hydrogens (primary N) is 1. The molecule has 0 bridgehead atoms. The summed E-state index contributed by atoms with van der Waals surface area (Å²) in [5.74, 6) is 0.501. The fourth-order valence-corrected chi connectivity index (χ4v) is 4.07. The molecule has 0 fully saturated rings. The Morgan fingerprint density at radius 2 is 1.86 bits per heavy atom. The van der Waals surface area contributed by atoms with Gasteiger partial charge in [0, 0.05) is 7.05 Å². The third-order valence-corrected chi connectivity index (χ3v) is 4.83. The lowest BCUT2D eigenvalue weighted by atomic mass is 10.3. The molecule has 0 unspecified atom stereocenters. The zero-order valence-corrected chi connectivity index (χ0v) is 15.3. The molecule has 0 aliphatic carbocycles. The van der Waals surface area contributed by atoms with Gasteiger partial charge in [-0.15, -0.1) is 0 Å². The number of rotatable bonds is 4. The van der Waals surface area contributed by atoms with Crippen LogP contribution in [0.4, 0.5) is 0 Å². The second-order valence-corrected chi connectivity index (χ2v) is 7.72. The van der Waals surface area contributed by atoms with Crippen molar-refractivity contribution in [2.24, 2.45) is 12.2 Å². The van der Waals surface area contributed by atoms with E-state index in [9.17, 15) is 8.42 Å². The molecule has 0 atom stereocenters. The van der Waals surface area contributed by atoms with Gasteiger partial charge in [0.05, 0.1) is 25.2 Å². The molecule has 6 nitrogen and oxygen atoms in total. The van der Waals surface area contributed by atoms with Crippen molar-refractivity contribution in [3.63, 3.8) is 0 Å². The maximum Gasteiger partial charge on any atom is 0.238 e. The van der Waals surface area contributed by atoms with Crippen molar-refractivity contribution >= 4 is 41.9 Å². The average molecular weight is 439 g/mol. The van der Waals surface area contributed by atoms with Gasteiger partial charge < -0.3 is 4.74 Å². The predicted octanol–water partition coefficient (Wildman–Crippen LogP) is 2.48. The van der Waals surface area contributed by atoms with E-state index >= 15 is 0 Å². The van der Waals surface area contributed by atoms with Crippen molar-refractivity contribution in [3.8, 4) is 5.75 Å². The summed E-state index contributed by atoms with van der Waals surface area (Å²) in [5, 5.41) is 9.34. The molecule has 1 aromatic heterocycles. The van der Waals surface area contributed by atoms with Crippen molar-refractivity contribution in [3.05, 3.63) is 38.5 Å². The van der Waals surface area contributed by atoms with Gasteiger partial charge in [-0.1, -0.05) is 0 Å². The fourth-order valence-electron chi connectivity index (χ4n) is 1.78. The van der Waals surface area contributed by atoms with E-state index in [2.05, 4.69) is 37.0 Å². The van der Waals surface area contributed by atoms with Crippen LogP contribution in [0.5, 0.6) is 5.75 Å². The summed E-state index contributed by atoms with van der Waals surface area (Å²) >= 11 is 6.58. The Bertz CT molecular complexity index is 764. The number of halogens is 2. The van der Waals surface area contributed by atoms with Crippen LogP contribution in [0.2, 0.25) is 0 Å². The molecular formula is C12H13Br2N3O3S. The van der Waals surface area contributed by atoms with Crippen molar-refractivity contribution in [2.45, 2.75) is 18.4 Å².